The molecule has 2 aliphatic rings. The average Bonchev–Trinajstić information content (AvgIpc) is 3.51. The van der Waals surface area contributed by atoms with Gasteiger partial charge in [0.1, 0.15) is 11.5 Å². The van der Waals surface area contributed by atoms with Crippen molar-refractivity contribution in [3.8, 4) is 17.1 Å². The average molecular weight is 461 g/mol. The molecule has 7 heteroatoms. The first-order valence-corrected chi connectivity index (χ1v) is 12.3. The predicted molar refractivity (Wildman–Crippen MR) is 130 cm³/mol. The van der Waals surface area contributed by atoms with Gasteiger partial charge < -0.3 is 14.2 Å². The van der Waals surface area contributed by atoms with Gasteiger partial charge >= 0.3 is 0 Å². The largest absolute Gasteiger partial charge is 0.460 e. The molecule has 3 aromatic rings. The molecule has 0 atom stereocenters. The molecule has 2 saturated heterocycles. The fraction of sp³-hybridized carbons (Fsp3) is 0.444. The van der Waals surface area contributed by atoms with Crippen molar-refractivity contribution in [2.24, 2.45) is 11.8 Å². The third-order valence-electron chi connectivity index (χ3n) is 7.17. The fourth-order valence-corrected chi connectivity index (χ4v) is 4.97. The molecular weight excluding hydrogens is 428 g/mol. The molecule has 0 radical (unpaired) electrons. The van der Waals surface area contributed by atoms with Gasteiger partial charge in [0.15, 0.2) is 5.76 Å². The normalized spacial score (nSPS) is 17.8. The van der Waals surface area contributed by atoms with E-state index in [-0.39, 0.29) is 17.7 Å². The second-order valence-corrected chi connectivity index (χ2v) is 9.66. The van der Waals surface area contributed by atoms with Crippen molar-refractivity contribution < 1.29 is 14.0 Å². The van der Waals surface area contributed by atoms with Crippen molar-refractivity contribution in [2.45, 2.75) is 39.5 Å². The van der Waals surface area contributed by atoms with Gasteiger partial charge in [-0.1, -0.05) is 25.1 Å². The minimum Gasteiger partial charge on any atom is -0.460 e. The maximum Gasteiger partial charge on any atom is 0.257 e. The quantitative estimate of drug-likeness (QED) is 0.573. The van der Waals surface area contributed by atoms with E-state index in [9.17, 15) is 9.59 Å². The summed E-state index contributed by atoms with van der Waals surface area (Å²) in [5.41, 5.74) is 1.95. The van der Waals surface area contributed by atoms with Gasteiger partial charge in [0, 0.05) is 38.3 Å². The summed E-state index contributed by atoms with van der Waals surface area (Å²) in [7, 11) is 0. The predicted octanol–water partition coefficient (Wildman–Crippen LogP) is 4.55. The van der Waals surface area contributed by atoms with Gasteiger partial charge in [-0.2, -0.15) is 5.10 Å². The Labute approximate surface area is 200 Å². The first-order chi connectivity index (χ1) is 16.5. The second kappa shape index (κ2) is 9.49. The van der Waals surface area contributed by atoms with E-state index in [1.165, 1.54) is 0 Å². The van der Waals surface area contributed by atoms with Crippen molar-refractivity contribution in [3.05, 3.63) is 60.0 Å². The van der Waals surface area contributed by atoms with Crippen molar-refractivity contribution in [3.63, 3.8) is 0 Å². The number of nitrogens with zero attached hydrogens (tertiary/aromatic N) is 4. The summed E-state index contributed by atoms with van der Waals surface area (Å²) in [6, 6.07) is 13.5. The van der Waals surface area contributed by atoms with Gasteiger partial charge in [-0.15, -0.1) is 0 Å². The van der Waals surface area contributed by atoms with Crippen LogP contribution in [0.3, 0.4) is 0 Å². The summed E-state index contributed by atoms with van der Waals surface area (Å²) in [5, 5.41) is 4.71. The van der Waals surface area contributed by atoms with Crippen LogP contribution in [0.5, 0.6) is 0 Å². The number of amides is 2. The molecule has 0 saturated carbocycles. The van der Waals surface area contributed by atoms with Crippen LogP contribution in [-0.2, 0) is 4.79 Å². The molecule has 1 aromatic carbocycles. The van der Waals surface area contributed by atoms with Crippen molar-refractivity contribution in [1.82, 2.24) is 19.6 Å². The first-order valence-electron chi connectivity index (χ1n) is 12.3. The third-order valence-corrected chi connectivity index (χ3v) is 7.17. The lowest BCUT2D eigenvalue weighted by atomic mass is 9.92. The number of benzene rings is 1. The van der Waals surface area contributed by atoms with Crippen LogP contribution >= 0.6 is 0 Å². The Morgan fingerprint density at radius 2 is 1.59 bits per heavy atom. The number of hydrogen-bond acceptors (Lipinski definition) is 4. The Balaban J connectivity index is 1.32. The lowest BCUT2D eigenvalue weighted by Gasteiger charge is -2.36. The number of aromatic nitrogens is 2. The summed E-state index contributed by atoms with van der Waals surface area (Å²) in [4.78, 5) is 30.5. The Morgan fingerprint density at radius 3 is 2.24 bits per heavy atom. The van der Waals surface area contributed by atoms with Crippen molar-refractivity contribution in [1.29, 1.82) is 0 Å². The summed E-state index contributed by atoms with van der Waals surface area (Å²) in [6.07, 6.45) is 5.38. The van der Waals surface area contributed by atoms with Gasteiger partial charge in [0.25, 0.3) is 5.91 Å². The van der Waals surface area contributed by atoms with Gasteiger partial charge in [-0.05, 0) is 62.8 Å². The van der Waals surface area contributed by atoms with Crippen LogP contribution in [-0.4, -0.2) is 57.6 Å². The summed E-state index contributed by atoms with van der Waals surface area (Å²) < 4.78 is 7.55. The summed E-state index contributed by atoms with van der Waals surface area (Å²) in [6.45, 7) is 7.01. The number of aryl methyl sites for hydroxylation is 1. The molecule has 34 heavy (non-hydrogen) atoms. The molecule has 5 rings (SSSR count). The highest BCUT2D eigenvalue weighted by molar-refractivity contribution is 5.99. The Morgan fingerprint density at radius 1 is 0.912 bits per heavy atom. The van der Waals surface area contributed by atoms with Crippen LogP contribution in [0.2, 0.25) is 0 Å². The number of hydrogen-bond donors (Lipinski definition) is 0. The number of likely N-dealkylation sites (tertiary alicyclic amines) is 2. The molecule has 4 heterocycles. The summed E-state index contributed by atoms with van der Waals surface area (Å²) in [5.74, 6) is 2.27. The highest BCUT2D eigenvalue weighted by Crippen LogP contribution is 2.29. The number of rotatable bonds is 4. The second-order valence-electron chi connectivity index (χ2n) is 9.66. The van der Waals surface area contributed by atoms with Crippen LogP contribution in [0.4, 0.5) is 0 Å². The Hall–Kier alpha value is -3.35. The topological polar surface area (TPSA) is 71.6 Å². The van der Waals surface area contributed by atoms with E-state index in [0.29, 0.717) is 48.9 Å². The SMILES string of the molecule is Cc1ccc(-c2nn(-c3ccccc3)cc2C(=O)N2CCC(C(=O)N3CCC(C)CC3)CC2)o1. The maximum atomic E-state index is 13.6. The lowest BCUT2D eigenvalue weighted by Crippen LogP contribution is -2.46. The molecule has 0 unspecified atom stereocenters. The highest BCUT2D eigenvalue weighted by Gasteiger charge is 2.33. The van der Waals surface area contributed by atoms with Crippen LogP contribution in [0, 0.1) is 18.8 Å². The summed E-state index contributed by atoms with van der Waals surface area (Å²) >= 11 is 0. The van der Waals surface area contributed by atoms with Crippen LogP contribution in [0.1, 0.15) is 48.7 Å². The zero-order valence-corrected chi connectivity index (χ0v) is 19.9. The smallest absolute Gasteiger partial charge is 0.257 e. The molecule has 0 aliphatic carbocycles. The van der Waals surface area contributed by atoms with E-state index >= 15 is 0 Å². The van der Waals surface area contributed by atoms with Gasteiger partial charge in [0.2, 0.25) is 5.91 Å². The van der Waals surface area contributed by atoms with Gasteiger partial charge in [-0.3, -0.25) is 9.59 Å². The minimum absolute atomic E-state index is 0.0108. The molecule has 0 N–H and O–H groups in total. The fourth-order valence-electron chi connectivity index (χ4n) is 4.97. The van der Waals surface area contributed by atoms with Gasteiger partial charge in [-0.25, -0.2) is 4.68 Å². The van der Waals surface area contributed by atoms with E-state index in [0.717, 1.165) is 37.4 Å². The van der Waals surface area contributed by atoms with E-state index in [1.54, 1.807) is 10.9 Å². The number of para-hydroxylation sites is 1. The van der Waals surface area contributed by atoms with Gasteiger partial charge in [0.05, 0.1) is 11.3 Å². The lowest BCUT2D eigenvalue weighted by molar-refractivity contribution is -0.138. The molecular formula is C27H32N4O3. The first kappa shape index (κ1) is 22.4. The number of piperidine rings is 2. The Bertz CT molecular complexity index is 1150. The molecule has 2 aromatic heterocycles. The minimum atomic E-state index is -0.0658. The van der Waals surface area contributed by atoms with Crippen LogP contribution in [0.25, 0.3) is 17.1 Å². The van der Waals surface area contributed by atoms with Crippen molar-refractivity contribution >= 4 is 11.8 Å². The molecule has 0 spiro atoms. The van der Waals surface area contributed by atoms with Crippen LogP contribution in [0.15, 0.2) is 53.1 Å². The van der Waals surface area contributed by atoms with E-state index in [1.807, 2.05) is 59.2 Å². The highest BCUT2D eigenvalue weighted by atomic mass is 16.3. The standard InChI is InChI=1S/C27H32N4O3/c1-19-10-14-29(15-11-19)26(32)21-12-16-30(17-13-21)27(33)23-18-31(22-6-4-3-5-7-22)28-25(23)24-9-8-20(2)34-24/h3-9,18-19,21H,10-17H2,1-2H3. The maximum absolute atomic E-state index is 13.6. The van der Waals surface area contributed by atoms with E-state index < -0.39 is 0 Å². The van der Waals surface area contributed by atoms with Crippen LogP contribution < -0.4 is 0 Å². The molecule has 7 nitrogen and oxygen atoms in total. The third kappa shape index (κ3) is 4.52. The zero-order chi connectivity index (χ0) is 23.7. The number of furan rings is 1. The van der Waals surface area contributed by atoms with E-state index in [2.05, 4.69) is 6.92 Å². The zero-order valence-electron chi connectivity index (χ0n) is 19.9. The van der Waals surface area contributed by atoms with E-state index in [4.69, 9.17) is 9.52 Å². The number of carbonyl (C=O) groups is 2. The molecule has 0 bridgehead atoms. The number of carbonyl (C=O) groups excluding carboxylic acids is 2. The Kier molecular flexibility index (Phi) is 6.26. The molecule has 2 fully saturated rings. The molecule has 178 valence electrons. The monoisotopic (exact) mass is 460 g/mol. The molecule has 2 aliphatic heterocycles. The van der Waals surface area contributed by atoms with Crippen molar-refractivity contribution in [2.75, 3.05) is 26.2 Å². The molecule has 2 amide bonds.